The molecule has 2 rings (SSSR count). The van der Waals surface area contributed by atoms with Crippen LogP contribution >= 0.6 is 11.8 Å². The number of hydrogen-bond donors (Lipinski definition) is 0. The monoisotopic (exact) mass is 301 g/mol. The van der Waals surface area contributed by atoms with Crippen molar-refractivity contribution in [2.45, 2.75) is 11.9 Å². The Bertz CT molecular complexity index is 660. The highest BCUT2D eigenvalue weighted by atomic mass is 32.2. The van der Waals surface area contributed by atoms with E-state index in [2.05, 4.69) is 5.10 Å². The smallest absolute Gasteiger partial charge is 0.246 e. The Morgan fingerprint density at radius 1 is 1.29 bits per heavy atom. The van der Waals surface area contributed by atoms with Gasteiger partial charge < -0.3 is 4.90 Å². The van der Waals surface area contributed by atoms with E-state index in [4.69, 9.17) is 0 Å². The Morgan fingerprint density at radius 3 is 2.52 bits per heavy atom. The van der Waals surface area contributed by atoms with Gasteiger partial charge in [-0.25, -0.2) is 4.68 Å². The van der Waals surface area contributed by atoms with Gasteiger partial charge in [0.05, 0.1) is 5.69 Å². The van der Waals surface area contributed by atoms with E-state index in [1.54, 1.807) is 36.8 Å². The molecule has 1 aromatic carbocycles. The van der Waals surface area contributed by atoms with Crippen LogP contribution in [-0.2, 0) is 4.79 Å². The number of benzene rings is 1. The first-order chi connectivity index (χ1) is 10.0. The number of nitrogens with zero attached hydrogens (tertiary/aromatic N) is 3. The minimum Gasteiger partial charge on any atom is -0.345 e. The lowest BCUT2D eigenvalue weighted by molar-refractivity contribution is -0.123. The fourth-order valence-corrected chi connectivity index (χ4v) is 2.55. The average Bonchev–Trinajstić information content (AvgIpc) is 2.81. The molecule has 0 saturated carbocycles. The van der Waals surface area contributed by atoms with Crippen LogP contribution in [-0.4, -0.2) is 40.9 Å². The third kappa shape index (κ3) is 3.36. The lowest BCUT2D eigenvalue weighted by Crippen LogP contribution is -2.18. The summed E-state index contributed by atoms with van der Waals surface area (Å²) in [6.45, 7) is 2.01. The molecule has 0 aliphatic rings. The van der Waals surface area contributed by atoms with Crippen LogP contribution < -0.4 is 0 Å². The maximum atomic E-state index is 11.7. The maximum absolute atomic E-state index is 11.7. The molecule has 2 aromatic rings. The topological polar surface area (TPSA) is 38.1 Å². The van der Waals surface area contributed by atoms with Gasteiger partial charge in [-0.15, -0.1) is 11.8 Å². The van der Waals surface area contributed by atoms with Gasteiger partial charge in [0.1, 0.15) is 5.03 Å². The zero-order chi connectivity index (χ0) is 15.4. The molecule has 0 fully saturated rings. The summed E-state index contributed by atoms with van der Waals surface area (Å²) < 4.78 is 1.91. The number of carbonyl (C=O) groups is 1. The van der Waals surface area contributed by atoms with Crippen molar-refractivity contribution in [2.24, 2.45) is 0 Å². The number of rotatable bonds is 4. The number of aromatic nitrogens is 2. The van der Waals surface area contributed by atoms with Crippen molar-refractivity contribution in [3.8, 4) is 5.69 Å². The minimum atomic E-state index is -0.0334. The van der Waals surface area contributed by atoms with E-state index in [1.807, 2.05) is 54.3 Å². The number of thioether (sulfide) groups is 1. The third-order valence-corrected chi connectivity index (χ3v) is 3.84. The summed E-state index contributed by atoms with van der Waals surface area (Å²) in [5.74, 6) is -0.0334. The molecule has 0 unspecified atom stereocenters. The van der Waals surface area contributed by atoms with E-state index in [0.29, 0.717) is 0 Å². The molecule has 0 atom stereocenters. The number of amides is 1. The standard InChI is InChI=1S/C16H19N3OS/c1-12-14(10-11-15(20)18(2)3)16(21-4)17-19(12)13-8-6-5-7-9-13/h5-11H,1-4H3. The molecule has 0 radical (unpaired) electrons. The van der Waals surface area contributed by atoms with E-state index in [9.17, 15) is 4.79 Å². The molecular formula is C16H19N3OS. The van der Waals surface area contributed by atoms with E-state index < -0.39 is 0 Å². The first-order valence-electron chi connectivity index (χ1n) is 6.63. The van der Waals surface area contributed by atoms with Crippen LogP contribution in [0, 0.1) is 6.92 Å². The number of para-hydroxylation sites is 1. The summed E-state index contributed by atoms with van der Waals surface area (Å²) >= 11 is 1.58. The van der Waals surface area contributed by atoms with E-state index in [1.165, 1.54) is 0 Å². The van der Waals surface area contributed by atoms with Crippen molar-refractivity contribution in [1.29, 1.82) is 0 Å². The second-order valence-corrected chi connectivity index (χ2v) is 5.62. The van der Waals surface area contributed by atoms with Crippen LogP contribution in [0.15, 0.2) is 41.4 Å². The van der Waals surface area contributed by atoms with Gasteiger partial charge in [0.2, 0.25) is 5.91 Å². The molecule has 0 aliphatic heterocycles. The van der Waals surface area contributed by atoms with Crippen molar-refractivity contribution >= 4 is 23.7 Å². The van der Waals surface area contributed by atoms with Crippen molar-refractivity contribution in [3.63, 3.8) is 0 Å². The summed E-state index contributed by atoms with van der Waals surface area (Å²) in [5, 5.41) is 5.54. The van der Waals surface area contributed by atoms with Gasteiger partial charge in [-0.2, -0.15) is 5.10 Å². The molecule has 4 nitrogen and oxygen atoms in total. The van der Waals surface area contributed by atoms with E-state index in [-0.39, 0.29) is 5.91 Å². The molecule has 110 valence electrons. The summed E-state index contributed by atoms with van der Waals surface area (Å²) in [5.41, 5.74) is 3.03. The zero-order valence-electron chi connectivity index (χ0n) is 12.7. The Hall–Kier alpha value is -2.01. The van der Waals surface area contributed by atoms with E-state index >= 15 is 0 Å². The first-order valence-corrected chi connectivity index (χ1v) is 7.85. The van der Waals surface area contributed by atoms with Crippen molar-refractivity contribution in [2.75, 3.05) is 20.4 Å². The molecule has 21 heavy (non-hydrogen) atoms. The van der Waals surface area contributed by atoms with Gasteiger partial charge >= 0.3 is 0 Å². The van der Waals surface area contributed by atoms with Gasteiger partial charge in [0.25, 0.3) is 0 Å². The second kappa shape index (κ2) is 6.63. The van der Waals surface area contributed by atoms with Gasteiger partial charge in [0.15, 0.2) is 0 Å². The number of hydrogen-bond acceptors (Lipinski definition) is 3. The number of likely N-dealkylation sites (N-methyl/N-ethyl adjacent to an activating group) is 1. The largest absolute Gasteiger partial charge is 0.345 e. The molecule has 0 saturated heterocycles. The lowest BCUT2D eigenvalue weighted by Gasteiger charge is -2.05. The first kappa shape index (κ1) is 15.4. The van der Waals surface area contributed by atoms with Gasteiger partial charge in [-0.1, -0.05) is 18.2 Å². The highest BCUT2D eigenvalue weighted by molar-refractivity contribution is 7.98. The normalized spacial score (nSPS) is 11.0. The quantitative estimate of drug-likeness (QED) is 0.643. The molecule has 1 amide bonds. The second-order valence-electron chi connectivity index (χ2n) is 4.82. The van der Waals surface area contributed by atoms with Crippen LogP contribution in [0.3, 0.4) is 0 Å². The van der Waals surface area contributed by atoms with Crippen molar-refractivity contribution < 1.29 is 4.79 Å². The third-order valence-electron chi connectivity index (χ3n) is 3.16. The van der Waals surface area contributed by atoms with Crippen LogP contribution in [0.2, 0.25) is 0 Å². The fraction of sp³-hybridized carbons (Fsp3) is 0.250. The van der Waals surface area contributed by atoms with Crippen LogP contribution in [0.5, 0.6) is 0 Å². The van der Waals surface area contributed by atoms with Crippen molar-refractivity contribution in [3.05, 3.63) is 47.7 Å². The SMILES string of the molecule is CSc1nn(-c2ccccc2)c(C)c1C=CC(=O)N(C)C. The van der Waals surface area contributed by atoms with Crippen LogP contribution in [0.4, 0.5) is 0 Å². The summed E-state index contributed by atoms with van der Waals surface area (Å²) in [7, 11) is 3.48. The Morgan fingerprint density at radius 2 is 1.95 bits per heavy atom. The Kier molecular flexibility index (Phi) is 4.85. The lowest BCUT2D eigenvalue weighted by atomic mass is 10.2. The molecule has 0 bridgehead atoms. The predicted octanol–water partition coefficient (Wildman–Crippen LogP) is 3.00. The fourth-order valence-electron chi connectivity index (χ4n) is 1.96. The minimum absolute atomic E-state index is 0.0334. The highest BCUT2D eigenvalue weighted by Crippen LogP contribution is 2.26. The van der Waals surface area contributed by atoms with Crippen LogP contribution in [0.25, 0.3) is 11.8 Å². The zero-order valence-corrected chi connectivity index (χ0v) is 13.5. The summed E-state index contributed by atoms with van der Waals surface area (Å²) in [4.78, 5) is 13.3. The van der Waals surface area contributed by atoms with Gasteiger partial charge in [-0.05, 0) is 31.4 Å². The molecule has 0 N–H and O–H groups in total. The highest BCUT2D eigenvalue weighted by Gasteiger charge is 2.13. The molecule has 0 aliphatic carbocycles. The van der Waals surface area contributed by atoms with Gasteiger partial charge in [0, 0.05) is 31.4 Å². The summed E-state index contributed by atoms with van der Waals surface area (Å²) in [6.07, 6.45) is 5.41. The van der Waals surface area contributed by atoms with Crippen molar-refractivity contribution in [1.82, 2.24) is 14.7 Å². The Balaban J connectivity index is 2.43. The average molecular weight is 301 g/mol. The molecule has 1 aromatic heterocycles. The molecular weight excluding hydrogens is 282 g/mol. The Labute approximate surface area is 129 Å². The number of carbonyl (C=O) groups excluding carboxylic acids is 1. The molecule has 5 heteroatoms. The molecule has 1 heterocycles. The van der Waals surface area contributed by atoms with E-state index in [0.717, 1.165) is 22.0 Å². The van der Waals surface area contributed by atoms with Gasteiger partial charge in [-0.3, -0.25) is 4.79 Å². The maximum Gasteiger partial charge on any atom is 0.246 e. The predicted molar refractivity (Wildman–Crippen MR) is 87.8 cm³/mol. The molecule has 0 spiro atoms. The summed E-state index contributed by atoms with van der Waals surface area (Å²) in [6, 6.07) is 9.99. The van der Waals surface area contributed by atoms with Crippen LogP contribution in [0.1, 0.15) is 11.3 Å².